The van der Waals surface area contributed by atoms with Crippen molar-refractivity contribution in [2.24, 2.45) is 0 Å². The molecule has 0 aliphatic carbocycles. The van der Waals surface area contributed by atoms with Crippen LogP contribution in [0.25, 0.3) is 0 Å². The minimum atomic E-state index is -0.208. The molecule has 2 rings (SSSR count). The molecule has 12 heavy (non-hydrogen) atoms. The third-order valence-corrected chi connectivity index (χ3v) is 2.77. The van der Waals surface area contributed by atoms with E-state index in [-0.39, 0.29) is 11.8 Å². The van der Waals surface area contributed by atoms with Gasteiger partial charge in [-0.25, -0.2) is 0 Å². The molecule has 2 unspecified atom stereocenters. The van der Waals surface area contributed by atoms with Gasteiger partial charge < -0.3 is 9.47 Å². The van der Waals surface area contributed by atoms with Crippen molar-refractivity contribution in [2.75, 3.05) is 19.8 Å². The van der Waals surface area contributed by atoms with Crippen LogP contribution in [-0.4, -0.2) is 31.6 Å². The summed E-state index contributed by atoms with van der Waals surface area (Å²) in [6.45, 7) is 4.76. The zero-order valence-corrected chi connectivity index (χ0v) is 7.64. The van der Waals surface area contributed by atoms with Crippen LogP contribution in [0.1, 0.15) is 26.2 Å². The zero-order chi connectivity index (χ0) is 8.44. The molecular weight excluding hydrogens is 154 g/mol. The molecule has 0 amide bonds. The van der Waals surface area contributed by atoms with Crippen molar-refractivity contribution in [3.8, 4) is 0 Å². The monoisotopic (exact) mass is 171 g/mol. The summed E-state index contributed by atoms with van der Waals surface area (Å²) in [4.78, 5) is 0. The van der Waals surface area contributed by atoms with E-state index in [2.05, 4.69) is 12.2 Å². The molecule has 0 aromatic heterocycles. The van der Waals surface area contributed by atoms with Crippen LogP contribution in [-0.2, 0) is 9.47 Å². The lowest BCUT2D eigenvalue weighted by atomic mass is 10.0. The molecular formula is C9H17NO2. The number of hydrogen-bond acceptors (Lipinski definition) is 3. The first kappa shape index (κ1) is 8.48. The average molecular weight is 171 g/mol. The number of nitrogens with one attached hydrogen (secondary N) is 1. The van der Waals surface area contributed by atoms with Gasteiger partial charge in [-0.1, -0.05) is 0 Å². The Morgan fingerprint density at radius 3 is 2.83 bits per heavy atom. The topological polar surface area (TPSA) is 30.5 Å². The Balaban J connectivity index is 1.96. The number of ether oxygens (including phenoxy) is 2. The molecule has 0 radical (unpaired) electrons. The Labute approximate surface area is 73.4 Å². The predicted octanol–water partition coefficient (Wildman–Crippen LogP) is 0.891. The van der Waals surface area contributed by atoms with Crippen LogP contribution in [0.5, 0.6) is 0 Å². The zero-order valence-electron chi connectivity index (χ0n) is 7.64. The third-order valence-electron chi connectivity index (χ3n) is 2.77. The maximum absolute atomic E-state index is 5.68. The van der Waals surface area contributed by atoms with Crippen LogP contribution in [0.15, 0.2) is 0 Å². The molecule has 0 saturated carbocycles. The standard InChI is InChI=1S/C9H17NO2/c1-9(10-5-7-12-9)8-4-2-3-6-11-8/h8,10H,2-7H2,1H3. The van der Waals surface area contributed by atoms with Crippen molar-refractivity contribution >= 4 is 0 Å². The highest BCUT2D eigenvalue weighted by atomic mass is 16.6. The van der Waals surface area contributed by atoms with Crippen molar-refractivity contribution in [1.29, 1.82) is 0 Å². The van der Waals surface area contributed by atoms with E-state index in [0.29, 0.717) is 0 Å². The van der Waals surface area contributed by atoms with E-state index in [9.17, 15) is 0 Å². The minimum absolute atomic E-state index is 0.208. The molecule has 0 spiro atoms. The SMILES string of the molecule is CC1(C2CCCCO2)NCCO1. The van der Waals surface area contributed by atoms with Gasteiger partial charge in [0.1, 0.15) is 5.72 Å². The molecule has 0 bridgehead atoms. The van der Waals surface area contributed by atoms with Gasteiger partial charge in [0.2, 0.25) is 0 Å². The van der Waals surface area contributed by atoms with Crippen molar-refractivity contribution in [3.63, 3.8) is 0 Å². The molecule has 2 heterocycles. The quantitative estimate of drug-likeness (QED) is 0.635. The predicted molar refractivity (Wildman–Crippen MR) is 46.0 cm³/mol. The molecule has 2 atom stereocenters. The van der Waals surface area contributed by atoms with E-state index in [4.69, 9.17) is 9.47 Å². The maximum atomic E-state index is 5.68. The number of rotatable bonds is 1. The van der Waals surface area contributed by atoms with E-state index >= 15 is 0 Å². The minimum Gasteiger partial charge on any atom is -0.374 e. The first-order valence-electron chi connectivity index (χ1n) is 4.82. The van der Waals surface area contributed by atoms with Crippen molar-refractivity contribution in [1.82, 2.24) is 5.32 Å². The van der Waals surface area contributed by atoms with E-state index in [1.807, 2.05) is 0 Å². The van der Waals surface area contributed by atoms with E-state index in [1.165, 1.54) is 12.8 Å². The third kappa shape index (κ3) is 1.49. The Morgan fingerprint density at radius 2 is 2.25 bits per heavy atom. The summed E-state index contributed by atoms with van der Waals surface area (Å²) in [7, 11) is 0. The fourth-order valence-electron chi connectivity index (χ4n) is 2.00. The van der Waals surface area contributed by atoms with Gasteiger partial charge in [-0.15, -0.1) is 0 Å². The summed E-state index contributed by atoms with van der Waals surface area (Å²) < 4.78 is 11.3. The molecule has 0 aromatic rings. The van der Waals surface area contributed by atoms with Gasteiger partial charge in [0.05, 0.1) is 12.7 Å². The molecule has 70 valence electrons. The second kappa shape index (κ2) is 3.32. The highest BCUT2D eigenvalue weighted by Crippen LogP contribution is 2.26. The second-order valence-electron chi connectivity index (χ2n) is 3.74. The lowest BCUT2D eigenvalue weighted by Gasteiger charge is -2.35. The lowest BCUT2D eigenvalue weighted by Crippen LogP contribution is -2.51. The van der Waals surface area contributed by atoms with Gasteiger partial charge in [0.25, 0.3) is 0 Å². The van der Waals surface area contributed by atoms with Crippen LogP contribution in [0.2, 0.25) is 0 Å². The summed E-state index contributed by atoms with van der Waals surface area (Å²) in [5.41, 5.74) is -0.208. The van der Waals surface area contributed by atoms with Crippen LogP contribution in [0.3, 0.4) is 0 Å². The molecule has 0 aromatic carbocycles. The van der Waals surface area contributed by atoms with E-state index in [1.54, 1.807) is 0 Å². The average Bonchev–Trinajstić information content (AvgIpc) is 2.55. The Morgan fingerprint density at radius 1 is 1.33 bits per heavy atom. The maximum Gasteiger partial charge on any atom is 0.142 e. The largest absolute Gasteiger partial charge is 0.374 e. The first-order chi connectivity index (χ1) is 5.81. The van der Waals surface area contributed by atoms with Crippen LogP contribution < -0.4 is 5.32 Å². The molecule has 3 nitrogen and oxygen atoms in total. The Hall–Kier alpha value is -0.120. The summed E-state index contributed by atoms with van der Waals surface area (Å²) in [6.07, 6.45) is 3.86. The highest BCUT2D eigenvalue weighted by molar-refractivity contribution is 4.87. The molecule has 2 aliphatic rings. The second-order valence-corrected chi connectivity index (χ2v) is 3.74. The normalized spacial score (nSPS) is 43.2. The fourth-order valence-corrected chi connectivity index (χ4v) is 2.00. The molecule has 1 N–H and O–H groups in total. The summed E-state index contributed by atoms with van der Waals surface area (Å²) >= 11 is 0. The lowest BCUT2D eigenvalue weighted by molar-refractivity contribution is -0.135. The van der Waals surface area contributed by atoms with Gasteiger partial charge in [-0.05, 0) is 26.2 Å². The van der Waals surface area contributed by atoms with Crippen LogP contribution in [0, 0.1) is 0 Å². The van der Waals surface area contributed by atoms with Crippen molar-refractivity contribution in [2.45, 2.75) is 38.0 Å². The van der Waals surface area contributed by atoms with E-state index < -0.39 is 0 Å². The van der Waals surface area contributed by atoms with Gasteiger partial charge in [-0.2, -0.15) is 0 Å². The Kier molecular flexibility index (Phi) is 2.35. The summed E-state index contributed by atoms with van der Waals surface area (Å²) in [6, 6.07) is 0. The van der Waals surface area contributed by atoms with Gasteiger partial charge in [-0.3, -0.25) is 5.32 Å². The molecule has 2 saturated heterocycles. The van der Waals surface area contributed by atoms with Crippen molar-refractivity contribution < 1.29 is 9.47 Å². The van der Waals surface area contributed by atoms with Crippen LogP contribution in [0.4, 0.5) is 0 Å². The Bertz CT molecular complexity index is 149. The fraction of sp³-hybridized carbons (Fsp3) is 1.00. The summed E-state index contributed by atoms with van der Waals surface area (Å²) in [5.74, 6) is 0. The molecule has 2 aliphatic heterocycles. The van der Waals surface area contributed by atoms with Gasteiger partial charge in [0, 0.05) is 13.2 Å². The van der Waals surface area contributed by atoms with Crippen molar-refractivity contribution in [3.05, 3.63) is 0 Å². The van der Waals surface area contributed by atoms with Gasteiger partial charge >= 0.3 is 0 Å². The smallest absolute Gasteiger partial charge is 0.142 e. The van der Waals surface area contributed by atoms with Crippen LogP contribution >= 0.6 is 0 Å². The molecule has 3 heteroatoms. The molecule has 2 fully saturated rings. The number of hydrogen-bond donors (Lipinski definition) is 1. The van der Waals surface area contributed by atoms with Gasteiger partial charge in [0.15, 0.2) is 0 Å². The summed E-state index contributed by atoms with van der Waals surface area (Å²) in [5, 5.41) is 3.36. The first-order valence-corrected chi connectivity index (χ1v) is 4.82. The highest BCUT2D eigenvalue weighted by Gasteiger charge is 2.39. The van der Waals surface area contributed by atoms with E-state index in [0.717, 1.165) is 26.2 Å².